The van der Waals surface area contributed by atoms with E-state index >= 15 is 0 Å². The summed E-state index contributed by atoms with van der Waals surface area (Å²) in [5, 5.41) is 67.3. The maximum atomic E-state index is 14.8. The molecular formula is C101H156N16O31S. The number of amides is 14. The maximum absolute atomic E-state index is 14.8. The number of aliphatic carboxylic acids is 4. The van der Waals surface area contributed by atoms with E-state index in [1.807, 2.05) is 6.92 Å². The van der Waals surface area contributed by atoms with E-state index in [0.717, 1.165) is 67.6 Å². The lowest BCUT2D eigenvalue weighted by Gasteiger charge is -2.35. The van der Waals surface area contributed by atoms with Crippen molar-refractivity contribution in [2.45, 2.75) is 279 Å². The van der Waals surface area contributed by atoms with Gasteiger partial charge in [-0.05, 0) is 86.2 Å². The molecule has 0 aliphatic heterocycles. The van der Waals surface area contributed by atoms with Crippen LogP contribution in [0.3, 0.4) is 0 Å². The SMILES string of the molecule is CCCC[C@H](NC(=O)[C@H](Cc1ccc(CS(=O)(=O)O)cc1)NC(=O)[C@H](CC(=O)O)NC(=O)COCCOCCNC(=O)[C@H](CCCCN)NC(=O)COCCOCCNC(=O)COCCOCCNC(=O)CC[C@H](NC(=O)CCCCCCCCCCCCCCCCC(=O)O)C(=O)O)C(=O)NCC(=O)N[C@@H](Cc1c[nH]c2ccccc12)C(=O)N[C@@H](CCCC)C(=O)N(C)[C@H](CC(=O)O)C(=O)N(C)[C@@H](Cc1ccccc1)C(N)=O. The summed E-state index contributed by atoms with van der Waals surface area (Å²) in [6, 6.07) is 7.83. The number of hydrogen-bond donors (Lipinski definition) is 19. The number of nitrogens with one attached hydrogen (secondary N) is 12. The fraction of sp³-hybridized carbons (Fsp3) is 0.624. The molecule has 0 fully saturated rings. The lowest BCUT2D eigenvalue weighted by molar-refractivity contribution is -0.152. The van der Waals surface area contributed by atoms with Gasteiger partial charge in [0.25, 0.3) is 10.1 Å². The summed E-state index contributed by atoms with van der Waals surface area (Å²) in [6.45, 7) is 1.87. The molecule has 9 atom stereocenters. The van der Waals surface area contributed by atoms with Crippen LogP contribution in [0.4, 0.5) is 0 Å². The van der Waals surface area contributed by atoms with Crippen molar-refractivity contribution >= 4 is 128 Å². The first kappa shape index (κ1) is 129. The molecule has 4 aromatic rings. The Balaban J connectivity index is 1.21. The Morgan fingerprint density at radius 3 is 1.34 bits per heavy atom. The van der Waals surface area contributed by atoms with Crippen molar-refractivity contribution in [3.63, 3.8) is 0 Å². The Morgan fingerprint density at radius 1 is 0.369 bits per heavy atom. The van der Waals surface area contributed by atoms with Gasteiger partial charge in [0.2, 0.25) is 82.7 Å². The molecule has 0 unspecified atom stereocenters. The number of carbonyl (C=O) groups excluding carboxylic acids is 14. The van der Waals surface area contributed by atoms with Gasteiger partial charge in [-0.2, -0.15) is 8.42 Å². The highest BCUT2D eigenvalue weighted by Crippen LogP contribution is 2.23. The van der Waals surface area contributed by atoms with Gasteiger partial charge in [-0.15, -0.1) is 0 Å². The number of unbranched alkanes of at least 4 members (excludes halogenated alkanes) is 16. The van der Waals surface area contributed by atoms with Gasteiger partial charge >= 0.3 is 23.9 Å². The number of rotatable bonds is 86. The average Bonchev–Trinajstić information content (AvgIpc) is 1.65. The van der Waals surface area contributed by atoms with E-state index in [1.54, 1.807) is 67.7 Å². The number of carbonyl (C=O) groups is 18. The number of nitrogens with zero attached hydrogens (tertiary/aromatic N) is 2. The van der Waals surface area contributed by atoms with Gasteiger partial charge in [-0.1, -0.05) is 189 Å². The van der Waals surface area contributed by atoms with Crippen LogP contribution < -0.4 is 70.0 Å². The molecule has 1 aromatic heterocycles. The van der Waals surface area contributed by atoms with Gasteiger partial charge in [-0.3, -0.25) is 86.1 Å². The van der Waals surface area contributed by atoms with Gasteiger partial charge in [-0.25, -0.2) is 4.79 Å². The normalized spacial score (nSPS) is 13.1. The summed E-state index contributed by atoms with van der Waals surface area (Å²) < 4.78 is 65.8. The largest absolute Gasteiger partial charge is 0.481 e. The van der Waals surface area contributed by atoms with E-state index in [0.29, 0.717) is 67.1 Å². The number of ether oxygens (including phenoxy) is 6. The van der Waals surface area contributed by atoms with Crippen molar-refractivity contribution in [2.75, 3.05) is 126 Å². The highest BCUT2D eigenvalue weighted by atomic mass is 32.2. The van der Waals surface area contributed by atoms with Gasteiger partial charge in [0.15, 0.2) is 0 Å². The smallest absolute Gasteiger partial charge is 0.326 e. The van der Waals surface area contributed by atoms with Gasteiger partial charge < -0.3 is 134 Å². The predicted octanol–water partition coefficient (Wildman–Crippen LogP) is 2.33. The van der Waals surface area contributed by atoms with Crippen LogP contribution >= 0.6 is 0 Å². The van der Waals surface area contributed by atoms with Crippen LogP contribution in [0, 0.1) is 0 Å². The standard InChI is InChI=1S/C101H156N16O31S/c1-5-7-33-76(95(132)108-64-86(120)111-80(60-72-63-107-74-35-27-26-32-73(72)74)97(134)114-77(34-8-6-2)99(136)117(4)83(62-92(128)129)100(137)116(3)82(93(103)130)59-69-30-22-21-23-31-69)113-96(133)79(58-70-39-41-71(42-40-70)68-149(140,141)142)115-98(135)81(61-91(126)127)112-89(123)67-148-57-54-145-51-48-106-94(131)75(36-28-29-45-102)109-88(122)66-147-56-53-144-50-47-105-87(121)65-146-55-52-143-49-46-104-84(118)44-43-78(101(138)139)110-85(119)37-24-19-17-15-13-11-9-10-12-14-16-18-20-25-38-90(124)125/h21-23,26-27,30-32,35,39-42,63,75-83,107H,5-20,24-25,28-29,33-34,36-38,43-62,64-68,102H2,1-4H3,(H2,103,130)(H,104,118)(H,105,121)(H,106,131)(H,108,132)(H,109,122)(H,110,119)(H,111,120)(H,112,123)(H,113,133)(H,114,134)(H,115,135)(H,124,125)(H,126,127)(H,128,129)(H,138,139)(H,140,141,142)/t75-,76-,77-,78-,79-,80-,81-,82-,83+/m0/s1. The molecule has 3 aromatic carbocycles. The third kappa shape index (κ3) is 57.0. The predicted molar refractivity (Wildman–Crippen MR) is 545 cm³/mol. The van der Waals surface area contributed by atoms with Crippen LogP contribution in [0.15, 0.2) is 85.1 Å². The third-order valence-electron chi connectivity index (χ3n) is 23.9. The first-order chi connectivity index (χ1) is 71.3. The van der Waals surface area contributed by atoms with Crippen molar-refractivity contribution in [1.29, 1.82) is 0 Å². The molecule has 47 nitrogen and oxygen atoms in total. The number of likely N-dealkylation sites (N-methyl/N-ethyl adjacent to an activating group) is 2. The Hall–Kier alpha value is -12.7. The van der Waals surface area contributed by atoms with Crippen LogP contribution in [0.5, 0.6) is 0 Å². The van der Waals surface area contributed by atoms with Gasteiger partial charge in [0, 0.05) is 89.4 Å². The highest BCUT2D eigenvalue weighted by molar-refractivity contribution is 7.85. The number of aromatic nitrogens is 1. The minimum Gasteiger partial charge on any atom is -0.481 e. The molecule has 0 aliphatic carbocycles. The molecule has 14 amide bonds. The number of primary amides is 1. The Bertz CT molecular complexity index is 4920. The lowest BCUT2D eigenvalue weighted by atomic mass is 10.0. The zero-order valence-electron chi connectivity index (χ0n) is 85.9. The van der Waals surface area contributed by atoms with E-state index in [9.17, 15) is 115 Å². The van der Waals surface area contributed by atoms with Crippen LogP contribution in [-0.4, -0.2) is 335 Å². The summed E-state index contributed by atoms with van der Waals surface area (Å²) in [5.41, 5.74) is 13.7. The first-order valence-corrected chi connectivity index (χ1v) is 52.6. The molecular weight excluding hydrogens is 1970 g/mol. The van der Waals surface area contributed by atoms with E-state index in [4.69, 9.17) is 45.0 Å². The van der Waals surface area contributed by atoms with E-state index in [1.165, 1.54) is 64.0 Å². The number of H-pyrrole nitrogens is 1. The Labute approximate surface area is 869 Å². The zero-order valence-corrected chi connectivity index (χ0v) is 86.8. The highest BCUT2D eigenvalue weighted by Gasteiger charge is 2.40. The minimum atomic E-state index is -4.51. The number of carboxylic acid groups (broad SMARTS) is 4. The number of aromatic amines is 1. The molecule has 48 heteroatoms. The monoisotopic (exact) mass is 2120 g/mol. The summed E-state index contributed by atoms with van der Waals surface area (Å²) in [4.78, 5) is 243. The fourth-order valence-electron chi connectivity index (χ4n) is 15.8. The number of nitrogens with two attached hydrogens (primary N) is 2. The van der Waals surface area contributed by atoms with Crippen LogP contribution in [-0.2, 0) is 150 Å². The van der Waals surface area contributed by atoms with E-state index in [-0.39, 0.29) is 167 Å². The molecule has 832 valence electrons. The molecule has 1 heterocycles. The summed E-state index contributed by atoms with van der Waals surface area (Å²) in [6.07, 6.45) is 16.5. The van der Waals surface area contributed by atoms with Crippen molar-refractivity contribution in [3.05, 3.63) is 107 Å². The summed E-state index contributed by atoms with van der Waals surface area (Å²) in [5.74, 6) is -16.9. The van der Waals surface area contributed by atoms with Crippen molar-refractivity contribution in [2.24, 2.45) is 11.5 Å². The number of carboxylic acids is 4. The Morgan fingerprint density at radius 2 is 0.805 bits per heavy atom. The second-order valence-electron chi connectivity index (χ2n) is 36.2. The van der Waals surface area contributed by atoms with Gasteiger partial charge in [0.05, 0.1) is 78.8 Å². The van der Waals surface area contributed by atoms with E-state index in [2.05, 4.69) is 63.5 Å². The van der Waals surface area contributed by atoms with Crippen molar-refractivity contribution < 1.29 is 148 Å². The molecule has 0 saturated heterocycles. The van der Waals surface area contributed by atoms with Crippen LogP contribution in [0.2, 0.25) is 0 Å². The molecule has 149 heavy (non-hydrogen) atoms. The molecule has 0 aliphatic rings. The van der Waals surface area contributed by atoms with Gasteiger partial charge in [0.1, 0.15) is 80.0 Å². The maximum Gasteiger partial charge on any atom is 0.326 e. The molecule has 0 spiro atoms. The topological polar surface area (TPSA) is 705 Å². The molecule has 21 N–H and O–H groups in total. The quantitative estimate of drug-likeness (QED) is 0.0223. The zero-order chi connectivity index (χ0) is 110. The summed E-state index contributed by atoms with van der Waals surface area (Å²) in [7, 11) is -2.07. The fourth-order valence-corrected chi connectivity index (χ4v) is 16.4. The number of para-hydroxylation sites is 1. The number of fused-ring (bicyclic) bond motifs is 1. The van der Waals surface area contributed by atoms with Crippen LogP contribution in [0.1, 0.15) is 222 Å². The van der Waals surface area contributed by atoms with E-state index < -0.39 is 210 Å². The van der Waals surface area contributed by atoms with Crippen molar-refractivity contribution in [1.82, 2.24) is 73.3 Å². The Kier molecular flexibility index (Phi) is 64.8. The lowest BCUT2D eigenvalue weighted by Crippen LogP contribution is -2.59. The molecule has 0 radical (unpaired) electrons. The van der Waals surface area contributed by atoms with Crippen molar-refractivity contribution in [3.8, 4) is 0 Å². The van der Waals surface area contributed by atoms with Crippen LogP contribution in [0.25, 0.3) is 10.9 Å². The number of benzene rings is 3. The second kappa shape index (κ2) is 75.1. The average molecular weight is 2120 g/mol. The number of hydrogen-bond acceptors (Lipinski definition) is 27. The molecule has 0 bridgehead atoms. The molecule has 0 saturated carbocycles. The first-order valence-electron chi connectivity index (χ1n) is 51.0. The minimum absolute atomic E-state index is 0.0110. The summed E-state index contributed by atoms with van der Waals surface area (Å²) >= 11 is 0. The molecule has 4 rings (SSSR count). The second-order valence-corrected chi connectivity index (χ2v) is 37.6. The third-order valence-corrected chi connectivity index (χ3v) is 24.6.